The van der Waals surface area contributed by atoms with Crippen LogP contribution in [0.3, 0.4) is 0 Å². The van der Waals surface area contributed by atoms with E-state index in [2.05, 4.69) is 9.05 Å². The molecule has 47 heavy (non-hydrogen) atoms. The van der Waals surface area contributed by atoms with E-state index in [-0.39, 0.29) is 0 Å². The van der Waals surface area contributed by atoms with Gasteiger partial charge in [-0.2, -0.15) is 96.6 Å². The van der Waals surface area contributed by atoms with E-state index in [1.54, 1.807) is 0 Å². The fourth-order valence-corrected chi connectivity index (χ4v) is 4.25. The van der Waals surface area contributed by atoms with Crippen LogP contribution in [-0.2, 0) is 27.8 Å². The first kappa shape index (κ1) is 45.4. The molecule has 0 amide bonds. The number of alkyl halides is 23. The Labute approximate surface area is 243 Å². The second-order valence-corrected chi connectivity index (χ2v) is 10.4. The molecule has 0 saturated carbocycles. The van der Waals surface area contributed by atoms with Gasteiger partial charge in [-0.3, -0.25) is 18.8 Å². The Hall–Kier alpha value is -1.58. The van der Waals surface area contributed by atoms with Gasteiger partial charge in [0.25, 0.3) is 0 Å². The Morgan fingerprint density at radius 1 is 0.447 bits per heavy atom. The average molecular weight is 782 g/mol. The maximum atomic E-state index is 14.6. The highest BCUT2D eigenvalue weighted by molar-refractivity contribution is 7.53. The molecular weight excluding hydrogens is 768 g/mol. The fraction of sp³-hybridized carbons (Fsp3) is 1.00. The molecule has 0 aromatic heterocycles. The van der Waals surface area contributed by atoms with Gasteiger partial charge in [0.05, 0.1) is 19.4 Å². The zero-order valence-electron chi connectivity index (χ0n) is 21.9. The molecule has 0 aliphatic carbocycles. The summed E-state index contributed by atoms with van der Waals surface area (Å²) in [6.45, 7) is 0.225. The summed E-state index contributed by atoms with van der Waals surface area (Å²) in [5.41, 5.74) is 0. The van der Waals surface area contributed by atoms with Crippen LogP contribution in [0.25, 0.3) is 0 Å². The van der Waals surface area contributed by atoms with Crippen molar-refractivity contribution in [2.75, 3.05) is 19.4 Å². The van der Waals surface area contributed by atoms with Crippen LogP contribution in [0.15, 0.2) is 0 Å². The van der Waals surface area contributed by atoms with E-state index in [0.717, 1.165) is 18.6 Å². The summed E-state index contributed by atoms with van der Waals surface area (Å²) in [6, 6.07) is 0. The van der Waals surface area contributed by atoms with Crippen LogP contribution in [-0.4, -0.2) is 85.9 Å². The van der Waals surface area contributed by atoms with Gasteiger partial charge in [-0.1, -0.05) is 0 Å². The lowest BCUT2D eigenvalue weighted by molar-refractivity contribution is -0.579. The van der Waals surface area contributed by atoms with Gasteiger partial charge in [0.1, 0.15) is 0 Å². The number of halogens is 23. The third kappa shape index (κ3) is 8.97. The van der Waals surface area contributed by atoms with E-state index in [9.17, 15) is 106 Å². The van der Waals surface area contributed by atoms with Crippen molar-refractivity contribution in [3.8, 4) is 0 Å². The molecule has 0 aromatic carbocycles. The van der Waals surface area contributed by atoms with Gasteiger partial charge in [-0.15, -0.1) is 0 Å². The number of ether oxygens (including phenoxy) is 3. The molecule has 3 atom stereocenters. The molecule has 0 radical (unpaired) electrons. The Kier molecular flexibility index (Phi) is 12.8. The van der Waals surface area contributed by atoms with E-state index in [1.807, 2.05) is 4.74 Å². The summed E-state index contributed by atoms with van der Waals surface area (Å²) >= 11 is 0. The predicted octanol–water partition coefficient (Wildman–Crippen LogP) is 9.35. The monoisotopic (exact) mass is 782 g/mol. The van der Waals surface area contributed by atoms with Gasteiger partial charge in [-0.25, -0.2) is 4.39 Å². The molecular formula is C17H14F23O6P. The van der Waals surface area contributed by atoms with Crippen LogP contribution < -0.4 is 0 Å². The Morgan fingerprint density at radius 2 is 0.766 bits per heavy atom. The Bertz CT molecular complexity index is 1090. The molecule has 0 bridgehead atoms. The number of hydrogen-bond donors (Lipinski definition) is 0. The molecule has 284 valence electrons. The lowest BCUT2D eigenvalue weighted by atomic mass is 10.2. The molecule has 0 spiro atoms. The van der Waals surface area contributed by atoms with Gasteiger partial charge in [0.15, 0.2) is 0 Å². The average Bonchev–Trinajstić information content (AvgIpc) is 2.79. The van der Waals surface area contributed by atoms with E-state index in [1.165, 1.54) is 4.74 Å². The summed E-state index contributed by atoms with van der Waals surface area (Å²) in [7, 11) is -5.08. The van der Waals surface area contributed by atoms with Crippen LogP contribution in [0, 0.1) is 0 Å². The fourth-order valence-electron chi connectivity index (χ4n) is 2.57. The Morgan fingerprint density at radius 3 is 1.04 bits per heavy atom. The quantitative estimate of drug-likeness (QED) is 0.115. The van der Waals surface area contributed by atoms with Crippen molar-refractivity contribution in [2.45, 2.75) is 86.8 Å². The van der Waals surface area contributed by atoms with Gasteiger partial charge in [-0.05, 0) is 13.8 Å². The van der Waals surface area contributed by atoms with Crippen LogP contribution >= 0.6 is 7.60 Å². The topological polar surface area (TPSA) is 63.2 Å². The first-order valence-corrected chi connectivity index (χ1v) is 12.8. The van der Waals surface area contributed by atoms with E-state index < -0.39 is 99.9 Å². The minimum absolute atomic E-state index is 0.801. The van der Waals surface area contributed by atoms with Gasteiger partial charge in [0, 0.05) is 6.42 Å². The van der Waals surface area contributed by atoms with Crippen LogP contribution in [0.4, 0.5) is 101 Å². The predicted molar refractivity (Wildman–Crippen MR) is 99.1 cm³/mol. The second kappa shape index (κ2) is 13.3. The Balaban J connectivity index is 7.24. The summed E-state index contributed by atoms with van der Waals surface area (Å²) in [5.74, 6) is -32.0. The van der Waals surface area contributed by atoms with Crippen LogP contribution in [0.2, 0.25) is 0 Å². The van der Waals surface area contributed by atoms with Crippen molar-refractivity contribution in [3.63, 3.8) is 0 Å². The molecule has 0 aliphatic rings. The molecule has 0 N–H and O–H groups in total. The largest absolute Gasteiger partial charge is 0.462 e. The summed E-state index contributed by atoms with van der Waals surface area (Å²) in [6.07, 6.45) is -62.3. The van der Waals surface area contributed by atoms with Crippen molar-refractivity contribution in [1.29, 1.82) is 0 Å². The number of hydrogen-bond acceptors (Lipinski definition) is 6. The second-order valence-electron chi connectivity index (χ2n) is 8.26. The first-order chi connectivity index (χ1) is 20.2. The zero-order chi connectivity index (χ0) is 38.4. The first-order valence-electron chi connectivity index (χ1n) is 11.0. The molecule has 0 aromatic rings. The van der Waals surface area contributed by atoms with Gasteiger partial charge < -0.3 is 9.05 Å². The highest BCUT2D eigenvalue weighted by Gasteiger charge is 2.88. The highest BCUT2D eigenvalue weighted by Crippen LogP contribution is 2.60. The molecule has 0 heterocycles. The molecule has 3 unspecified atom stereocenters. The summed E-state index contributed by atoms with van der Waals surface area (Å²) in [4.78, 5) is 0. The molecule has 0 saturated heterocycles. The maximum Gasteiger partial charge on any atom is 0.462 e. The molecule has 6 nitrogen and oxygen atoms in total. The van der Waals surface area contributed by atoms with E-state index >= 15 is 0 Å². The van der Waals surface area contributed by atoms with E-state index in [0.29, 0.717) is 0 Å². The SMILES string of the molecule is CCOP(=O)(CCC(F)(OC(F)(F)C(F)(OC(F)(F)C(F)(OC(F)(F)C(F)(F)C(F)(F)F)C(F)(F)F)C(F)(F)F)C(F)(F)F)OCC. The van der Waals surface area contributed by atoms with E-state index in [4.69, 9.17) is 0 Å². The van der Waals surface area contributed by atoms with Gasteiger partial charge in [0.2, 0.25) is 0 Å². The third-order valence-electron chi connectivity index (χ3n) is 4.81. The minimum Gasteiger partial charge on any atom is -0.309 e. The van der Waals surface area contributed by atoms with Crippen molar-refractivity contribution in [1.82, 2.24) is 0 Å². The van der Waals surface area contributed by atoms with Gasteiger partial charge >= 0.3 is 74.1 Å². The van der Waals surface area contributed by atoms with Crippen molar-refractivity contribution >= 4 is 7.60 Å². The van der Waals surface area contributed by atoms with Crippen molar-refractivity contribution in [2.24, 2.45) is 0 Å². The zero-order valence-corrected chi connectivity index (χ0v) is 22.8. The molecule has 0 rings (SSSR count). The lowest BCUT2D eigenvalue weighted by Crippen LogP contribution is -2.70. The van der Waals surface area contributed by atoms with Crippen LogP contribution in [0.1, 0.15) is 20.3 Å². The normalized spacial score (nSPS) is 19.3. The summed E-state index contributed by atoms with van der Waals surface area (Å²) < 4.78 is 332. The molecule has 0 fully saturated rings. The number of rotatable bonds is 16. The summed E-state index contributed by atoms with van der Waals surface area (Å²) in [5, 5.41) is 0. The third-order valence-corrected chi connectivity index (χ3v) is 6.88. The van der Waals surface area contributed by atoms with Crippen LogP contribution in [0.5, 0.6) is 0 Å². The molecule has 0 aliphatic heterocycles. The highest BCUT2D eigenvalue weighted by atomic mass is 31.2. The van der Waals surface area contributed by atoms with Crippen molar-refractivity contribution < 1.29 is 129 Å². The minimum atomic E-state index is -8.72. The lowest BCUT2D eigenvalue weighted by Gasteiger charge is -2.43. The molecule has 30 heteroatoms. The maximum absolute atomic E-state index is 14.6. The standard InChI is InChI=1S/C17H14F23O6P/c1-3-42-47(41,43-4-2)6-5-7(18,11(23,24)25)44-16(37,38)9(21,13(29,30)31)46-17(39,40)10(22,14(32,33)34)45-15(35,36)8(19,20)12(26,27)28/h3-6H2,1-2H3. The van der Waals surface area contributed by atoms with Crippen molar-refractivity contribution in [3.05, 3.63) is 0 Å². The smallest absolute Gasteiger partial charge is 0.309 e.